The van der Waals surface area contributed by atoms with Crippen molar-refractivity contribution in [1.82, 2.24) is 9.55 Å². The first-order valence-corrected chi connectivity index (χ1v) is 5.23. The monoisotopic (exact) mass is 214 g/mol. The van der Waals surface area contributed by atoms with E-state index >= 15 is 0 Å². The van der Waals surface area contributed by atoms with E-state index in [0.29, 0.717) is 6.54 Å². The molecule has 0 radical (unpaired) electrons. The second kappa shape index (κ2) is 4.31. The number of hydrogen-bond acceptors (Lipinski definition) is 2. The fourth-order valence-corrected chi connectivity index (χ4v) is 1.64. The van der Waals surface area contributed by atoms with Gasteiger partial charge >= 0.3 is 0 Å². The molecule has 0 saturated carbocycles. The lowest BCUT2D eigenvalue weighted by atomic mass is 10.2. The van der Waals surface area contributed by atoms with Crippen LogP contribution in [0.25, 0.3) is 0 Å². The molecule has 0 bridgehead atoms. The molecule has 0 unspecified atom stereocenters. The topological polar surface area (TPSA) is 34.9 Å². The van der Waals surface area contributed by atoms with Crippen molar-refractivity contribution in [3.05, 3.63) is 63.8 Å². The summed E-state index contributed by atoms with van der Waals surface area (Å²) >= 11 is 0. The Morgan fingerprint density at radius 3 is 2.69 bits per heavy atom. The van der Waals surface area contributed by atoms with E-state index in [1.54, 1.807) is 23.0 Å². The molecule has 0 fully saturated rings. The normalized spacial score (nSPS) is 10.4. The van der Waals surface area contributed by atoms with Gasteiger partial charge in [0, 0.05) is 24.7 Å². The van der Waals surface area contributed by atoms with Gasteiger partial charge in [-0.25, -0.2) is 0 Å². The molecule has 2 heterocycles. The molecular formula is C13H14N2O. The maximum atomic E-state index is 11.7. The molecule has 0 aliphatic heterocycles. The van der Waals surface area contributed by atoms with Crippen LogP contribution < -0.4 is 5.56 Å². The van der Waals surface area contributed by atoms with Crippen molar-refractivity contribution in [1.29, 1.82) is 0 Å². The maximum Gasteiger partial charge on any atom is 0.251 e. The SMILES string of the molecule is Cc1cncc(Cn2ccc(C)cc2=O)c1. The maximum absolute atomic E-state index is 11.7. The molecule has 0 aromatic carbocycles. The van der Waals surface area contributed by atoms with Gasteiger partial charge in [0.1, 0.15) is 0 Å². The van der Waals surface area contributed by atoms with Gasteiger partial charge in [0.15, 0.2) is 0 Å². The first-order chi connectivity index (χ1) is 7.65. The van der Waals surface area contributed by atoms with E-state index in [1.807, 2.05) is 32.2 Å². The summed E-state index contributed by atoms with van der Waals surface area (Å²) in [5, 5.41) is 0. The Morgan fingerprint density at radius 1 is 1.19 bits per heavy atom. The minimum atomic E-state index is 0.0292. The van der Waals surface area contributed by atoms with Crippen molar-refractivity contribution in [2.24, 2.45) is 0 Å². The first-order valence-electron chi connectivity index (χ1n) is 5.23. The standard InChI is InChI=1S/C13H14N2O/c1-10-3-4-15(13(16)6-10)9-12-5-11(2)7-14-8-12/h3-8H,9H2,1-2H3. The van der Waals surface area contributed by atoms with E-state index < -0.39 is 0 Å². The van der Waals surface area contributed by atoms with Gasteiger partial charge < -0.3 is 4.57 Å². The molecule has 3 heteroatoms. The van der Waals surface area contributed by atoms with Gasteiger partial charge in [-0.2, -0.15) is 0 Å². The highest BCUT2D eigenvalue weighted by Gasteiger charge is 1.98. The van der Waals surface area contributed by atoms with Gasteiger partial charge in [-0.15, -0.1) is 0 Å². The lowest BCUT2D eigenvalue weighted by Gasteiger charge is -2.06. The average Bonchev–Trinajstić information content (AvgIpc) is 2.22. The van der Waals surface area contributed by atoms with Crippen molar-refractivity contribution in [2.75, 3.05) is 0 Å². The highest BCUT2D eigenvalue weighted by Crippen LogP contribution is 2.03. The van der Waals surface area contributed by atoms with Crippen LogP contribution in [0.5, 0.6) is 0 Å². The molecule has 0 spiro atoms. The molecule has 82 valence electrons. The summed E-state index contributed by atoms with van der Waals surface area (Å²) in [4.78, 5) is 15.8. The van der Waals surface area contributed by atoms with Gasteiger partial charge in [0.05, 0.1) is 6.54 Å². The smallest absolute Gasteiger partial charge is 0.251 e. The lowest BCUT2D eigenvalue weighted by molar-refractivity contribution is 0.753. The summed E-state index contributed by atoms with van der Waals surface area (Å²) in [6, 6.07) is 5.62. The van der Waals surface area contributed by atoms with Crippen LogP contribution in [0.2, 0.25) is 0 Å². The van der Waals surface area contributed by atoms with E-state index in [4.69, 9.17) is 0 Å². The van der Waals surface area contributed by atoms with Crippen molar-refractivity contribution in [2.45, 2.75) is 20.4 Å². The van der Waals surface area contributed by atoms with Gasteiger partial charge in [-0.1, -0.05) is 6.07 Å². The summed E-state index contributed by atoms with van der Waals surface area (Å²) in [5.41, 5.74) is 3.17. The molecular weight excluding hydrogens is 200 g/mol. The molecule has 2 aromatic rings. The number of nitrogens with zero attached hydrogens (tertiary/aromatic N) is 2. The number of aromatic nitrogens is 2. The van der Waals surface area contributed by atoms with E-state index in [2.05, 4.69) is 4.98 Å². The third-order valence-electron chi connectivity index (χ3n) is 2.44. The number of pyridine rings is 2. The fourth-order valence-electron chi connectivity index (χ4n) is 1.64. The molecule has 0 aliphatic carbocycles. The van der Waals surface area contributed by atoms with Crippen LogP contribution >= 0.6 is 0 Å². The summed E-state index contributed by atoms with van der Waals surface area (Å²) in [7, 11) is 0. The average molecular weight is 214 g/mol. The largest absolute Gasteiger partial charge is 0.311 e. The lowest BCUT2D eigenvalue weighted by Crippen LogP contribution is -2.19. The Kier molecular flexibility index (Phi) is 2.86. The van der Waals surface area contributed by atoms with E-state index in [9.17, 15) is 4.79 Å². The zero-order chi connectivity index (χ0) is 11.5. The number of hydrogen-bond donors (Lipinski definition) is 0. The number of rotatable bonds is 2. The molecule has 16 heavy (non-hydrogen) atoms. The second-order valence-corrected chi connectivity index (χ2v) is 4.04. The van der Waals surface area contributed by atoms with Gasteiger partial charge in [0.2, 0.25) is 0 Å². The van der Waals surface area contributed by atoms with Crippen molar-refractivity contribution < 1.29 is 0 Å². The Morgan fingerprint density at radius 2 is 2.00 bits per heavy atom. The van der Waals surface area contributed by atoms with E-state index in [1.165, 1.54) is 0 Å². The minimum absolute atomic E-state index is 0.0292. The van der Waals surface area contributed by atoms with Crippen molar-refractivity contribution >= 4 is 0 Å². The van der Waals surface area contributed by atoms with Crippen molar-refractivity contribution in [3.63, 3.8) is 0 Å². The third-order valence-corrected chi connectivity index (χ3v) is 2.44. The van der Waals surface area contributed by atoms with Crippen LogP contribution in [0.1, 0.15) is 16.7 Å². The van der Waals surface area contributed by atoms with Crippen LogP contribution in [0.3, 0.4) is 0 Å². The quantitative estimate of drug-likeness (QED) is 0.765. The fraction of sp³-hybridized carbons (Fsp3) is 0.231. The van der Waals surface area contributed by atoms with Crippen LogP contribution in [0.4, 0.5) is 0 Å². The van der Waals surface area contributed by atoms with Crippen LogP contribution in [-0.4, -0.2) is 9.55 Å². The molecule has 2 aromatic heterocycles. The molecule has 2 rings (SSSR count). The highest BCUT2D eigenvalue weighted by atomic mass is 16.1. The summed E-state index contributed by atoms with van der Waals surface area (Å²) in [6.45, 7) is 4.49. The Bertz CT molecular complexity index is 558. The summed E-state index contributed by atoms with van der Waals surface area (Å²) < 4.78 is 1.68. The molecule has 0 amide bonds. The van der Waals surface area contributed by atoms with E-state index in [-0.39, 0.29) is 5.56 Å². The predicted octanol–water partition coefficient (Wildman–Crippen LogP) is 1.91. The molecule has 3 nitrogen and oxygen atoms in total. The Balaban J connectivity index is 2.31. The zero-order valence-corrected chi connectivity index (χ0v) is 9.47. The number of aryl methyl sites for hydroxylation is 2. The van der Waals surface area contributed by atoms with Crippen LogP contribution in [0.15, 0.2) is 41.6 Å². The van der Waals surface area contributed by atoms with Crippen LogP contribution in [0, 0.1) is 13.8 Å². The van der Waals surface area contributed by atoms with E-state index in [0.717, 1.165) is 16.7 Å². The summed E-state index contributed by atoms with van der Waals surface area (Å²) in [5.74, 6) is 0. The minimum Gasteiger partial charge on any atom is -0.311 e. The third kappa shape index (κ3) is 2.37. The predicted molar refractivity (Wildman–Crippen MR) is 63.5 cm³/mol. The molecule has 0 atom stereocenters. The van der Waals surface area contributed by atoms with Gasteiger partial charge in [-0.3, -0.25) is 9.78 Å². The Hall–Kier alpha value is -1.90. The highest BCUT2D eigenvalue weighted by molar-refractivity contribution is 5.18. The Labute approximate surface area is 94.4 Å². The van der Waals surface area contributed by atoms with Gasteiger partial charge in [0.25, 0.3) is 5.56 Å². The molecule has 0 N–H and O–H groups in total. The molecule has 0 aliphatic rings. The second-order valence-electron chi connectivity index (χ2n) is 4.04. The van der Waals surface area contributed by atoms with Gasteiger partial charge in [-0.05, 0) is 36.6 Å². The molecule has 0 saturated heterocycles. The first kappa shape index (κ1) is 10.6. The van der Waals surface area contributed by atoms with Crippen molar-refractivity contribution in [3.8, 4) is 0 Å². The van der Waals surface area contributed by atoms with Crippen LogP contribution in [-0.2, 0) is 6.54 Å². The zero-order valence-electron chi connectivity index (χ0n) is 9.47. The summed E-state index contributed by atoms with van der Waals surface area (Å²) in [6.07, 6.45) is 5.42.